The van der Waals surface area contributed by atoms with Gasteiger partial charge in [-0.05, 0) is 38.1 Å². The fraction of sp³-hybridized carbons (Fsp3) is 0.700. The Morgan fingerprint density at radius 2 is 2.14 bits per heavy atom. The number of aromatic amines is 1. The summed E-state index contributed by atoms with van der Waals surface area (Å²) < 4.78 is 4.67. The molecule has 3 N–H and O–H groups in total. The lowest BCUT2D eigenvalue weighted by Gasteiger charge is -2.26. The molecule has 1 aromatic rings. The highest BCUT2D eigenvalue weighted by molar-refractivity contribution is 5.05. The van der Waals surface area contributed by atoms with Crippen LogP contribution in [0.2, 0.25) is 0 Å². The van der Waals surface area contributed by atoms with Crippen LogP contribution in [0.3, 0.4) is 0 Å². The fourth-order valence-electron chi connectivity index (χ4n) is 2.21. The Kier molecular flexibility index (Phi) is 2.72. The van der Waals surface area contributed by atoms with Crippen LogP contribution in [0, 0.1) is 5.92 Å². The monoisotopic (exact) mass is 196 g/mol. The summed E-state index contributed by atoms with van der Waals surface area (Å²) in [7, 11) is 0. The van der Waals surface area contributed by atoms with E-state index in [1.54, 1.807) is 6.07 Å². The van der Waals surface area contributed by atoms with E-state index in [1.165, 1.54) is 0 Å². The van der Waals surface area contributed by atoms with Crippen LogP contribution in [-0.2, 0) is 0 Å². The number of hydrogen-bond donors (Lipinski definition) is 2. The molecule has 2 rings (SSSR count). The van der Waals surface area contributed by atoms with Gasteiger partial charge in [-0.25, -0.2) is 9.95 Å². The van der Waals surface area contributed by atoms with E-state index >= 15 is 0 Å². The Hall–Kier alpha value is -1.03. The van der Waals surface area contributed by atoms with Crippen molar-refractivity contribution in [2.45, 2.75) is 31.6 Å². The molecule has 14 heavy (non-hydrogen) atoms. The van der Waals surface area contributed by atoms with Gasteiger partial charge in [0.25, 0.3) is 0 Å². The van der Waals surface area contributed by atoms with E-state index in [0.717, 1.165) is 37.9 Å². The number of nitrogens with two attached hydrogens (primary N) is 1. The second-order valence-electron chi connectivity index (χ2n) is 4.08. The maximum Gasteiger partial charge on any atom is 0.357 e. The predicted octanol–water partition coefficient (Wildman–Crippen LogP) is 1.20. The molecule has 0 bridgehead atoms. The molecule has 1 aliphatic rings. The van der Waals surface area contributed by atoms with Crippen LogP contribution in [0.1, 0.15) is 37.3 Å². The number of nitrogens with one attached hydrogen (secondary N) is 1. The van der Waals surface area contributed by atoms with Gasteiger partial charge in [-0.1, -0.05) is 0 Å². The van der Waals surface area contributed by atoms with Crippen molar-refractivity contribution >= 4 is 0 Å². The summed E-state index contributed by atoms with van der Waals surface area (Å²) in [5.74, 6) is 1.13. The van der Waals surface area contributed by atoms with E-state index in [9.17, 15) is 4.79 Å². The lowest BCUT2D eigenvalue weighted by atomic mass is 9.81. The molecule has 1 heterocycles. The van der Waals surface area contributed by atoms with Gasteiger partial charge in [0.05, 0.1) is 5.69 Å². The molecule has 1 fully saturated rings. The van der Waals surface area contributed by atoms with E-state index in [1.807, 2.05) is 0 Å². The third-order valence-electron chi connectivity index (χ3n) is 3.16. The minimum absolute atomic E-state index is 0.277. The first-order valence-corrected chi connectivity index (χ1v) is 5.18. The summed E-state index contributed by atoms with van der Waals surface area (Å²) in [6, 6.07) is 1.56. The van der Waals surface area contributed by atoms with E-state index in [4.69, 9.17) is 5.73 Å². The van der Waals surface area contributed by atoms with Crippen LogP contribution in [0.15, 0.2) is 15.4 Å². The summed E-state index contributed by atoms with van der Waals surface area (Å²) in [6.45, 7) is 0.786. The van der Waals surface area contributed by atoms with Gasteiger partial charge in [0.15, 0.2) is 0 Å². The minimum atomic E-state index is -0.277. The van der Waals surface area contributed by atoms with Gasteiger partial charge in [-0.2, -0.15) is 0 Å². The third kappa shape index (κ3) is 1.90. The Bertz CT molecular complexity index is 334. The first-order valence-electron chi connectivity index (χ1n) is 5.18. The van der Waals surface area contributed by atoms with Crippen LogP contribution >= 0.6 is 0 Å². The highest BCUT2D eigenvalue weighted by Gasteiger charge is 2.22. The van der Waals surface area contributed by atoms with Crippen molar-refractivity contribution in [3.63, 3.8) is 0 Å². The van der Waals surface area contributed by atoms with Crippen LogP contribution in [0.4, 0.5) is 0 Å². The van der Waals surface area contributed by atoms with Gasteiger partial charge in [0.1, 0.15) is 0 Å². The van der Waals surface area contributed by atoms with Crippen LogP contribution in [0.25, 0.3) is 0 Å². The quantitative estimate of drug-likeness (QED) is 0.746. The molecule has 0 atom stereocenters. The molecule has 78 valence electrons. The molecule has 0 unspecified atom stereocenters. The number of hydrogen-bond acceptors (Lipinski definition) is 3. The zero-order valence-corrected chi connectivity index (χ0v) is 8.16. The zero-order chi connectivity index (χ0) is 9.97. The highest BCUT2D eigenvalue weighted by Crippen LogP contribution is 2.33. The van der Waals surface area contributed by atoms with Crippen molar-refractivity contribution in [1.29, 1.82) is 0 Å². The molecule has 4 heteroatoms. The zero-order valence-electron chi connectivity index (χ0n) is 8.16. The van der Waals surface area contributed by atoms with Crippen LogP contribution < -0.4 is 11.4 Å². The summed E-state index contributed by atoms with van der Waals surface area (Å²) in [6.07, 6.45) is 4.54. The molecule has 0 amide bonds. The topological polar surface area (TPSA) is 72.0 Å². The van der Waals surface area contributed by atoms with Crippen molar-refractivity contribution in [3.8, 4) is 0 Å². The molecular weight excluding hydrogens is 180 g/mol. The average molecular weight is 196 g/mol. The van der Waals surface area contributed by atoms with Gasteiger partial charge in [0, 0.05) is 12.0 Å². The van der Waals surface area contributed by atoms with Crippen LogP contribution in [-0.4, -0.2) is 11.7 Å². The summed E-state index contributed by atoms with van der Waals surface area (Å²) >= 11 is 0. The van der Waals surface area contributed by atoms with E-state index in [-0.39, 0.29) is 5.63 Å². The van der Waals surface area contributed by atoms with Crippen molar-refractivity contribution < 1.29 is 4.52 Å². The summed E-state index contributed by atoms with van der Waals surface area (Å²) in [5, 5.41) is 2.69. The standard InChI is InChI=1S/C10H16N2O2/c11-6-7-1-3-8(4-2-7)9-5-10(13)14-12-9/h5,7-8,12H,1-4,6,11H2. The van der Waals surface area contributed by atoms with Crippen molar-refractivity contribution in [2.24, 2.45) is 11.7 Å². The van der Waals surface area contributed by atoms with Gasteiger partial charge < -0.3 is 10.3 Å². The normalized spacial score (nSPS) is 27.8. The first-order chi connectivity index (χ1) is 6.79. The highest BCUT2D eigenvalue weighted by atomic mass is 16.5. The van der Waals surface area contributed by atoms with Crippen molar-refractivity contribution in [2.75, 3.05) is 6.54 Å². The molecule has 0 aliphatic heterocycles. The summed E-state index contributed by atoms with van der Waals surface area (Å²) in [5.41, 5.74) is 6.29. The molecule has 1 saturated carbocycles. The minimum Gasteiger partial charge on any atom is -0.339 e. The fourth-order valence-corrected chi connectivity index (χ4v) is 2.21. The molecule has 0 aromatic carbocycles. The Labute approximate surface area is 82.4 Å². The predicted molar refractivity (Wildman–Crippen MR) is 53.1 cm³/mol. The second kappa shape index (κ2) is 4.00. The average Bonchev–Trinajstić information content (AvgIpc) is 2.65. The molecule has 0 spiro atoms. The SMILES string of the molecule is NCC1CCC(c2cc(=O)o[nH]2)CC1. The molecule has 1 aliphatic carbocycles. The van der Waals surface area contributed by atoms with Gasteiger partial charge in [-0.3, -0.25) is 0 Å². The number of aromatic nitrogens is 1. The molecule has 1 aromatic heterocycles. The van der Waals surface area contributed by atoms with E-state index < -0.39 is 0 Å². The van der Waals surface area contributed by atoms with Gasteiger partial charge >= 0.3 is 5.63 Å². The van der Waals surface area contributed by atoms with Crippen LogP contribution in [0.5, 0.6) is 0 Å². The number of H-pyrrole nitrogens is 1. The largest absolute Gasteiger partial charge is 0.357 e. The lowest BCUT2D eigenvalue weighted by Crippen LogP contribution is -2.20. The third-order valence-corrected chi connectivity index (χ3v) is 3.16. The maximum absolute atomic E-state index is 10.8. The molecule has 4 nitrogen and oxygen atoms in total. The van der Waals surface area contributed by atoms with Crippen molar-refractivity contribution in [1.82, 2.24) is 5.16 Å². The summed E-state index contributed by atoms with van der Waals surface area (Å²) in [4.78, 5) is 10.8. The number of rotatable bonds is 2. The van der Waals surface area contributed by atoms with E-state index in [0.29, 0.717) is 11.8 Å². The van der Waals surface area contributed by atoms with Gasteiger partial charge in [0.2, 0.25) is 0 Å². The molecule has 0 saturated heterocycles. The maximum atomic E-state index is 10.8. The molecular formula is C10H16N2O2. The Morgan fingerprint density at radius 1 is 1.43 bits per heavy atom. The van der Waals surface area contributed by atoms with Crippen molar-refractivity contribution in [3.05, 3.63) is 22.2 Å². The Morgan fingerprint density at radius 3 is 2.64 bits per heavy atom. The van der Waals surface area contributed by atoms with E-state index in [2.05, 4.69) is 9.68 Å². The molecule has 0 radical (unpaired) electrons. The lowest BCUT2D eigenvalue weighted by molar-refractivity contribution is 0.315. The first kappa shape index (κ1) is 9.52. The Balaban J connectivity index is 1.98. The second-order valence-corrected chi connectivity index (χ2v) is 4.08. The van der Waals surface area contributed by atoms with Gasteiger partial charge in [-0.15, -0.1) is 0 Å². The smallest absolute Gasteiger partial charge is 0.339 e.